The summed E-state index contributed by atoms with van der Waals surface area (Å²) in [4.78, 5) is 31.5. The summed E-state index contributed by atoms with van der Waals surface area (Å²) in [6, 6.07) is 9.78. The van der Waals surface area contributed by atoms with E-state index in [0.29, 0.717) is 37.1 Å². The van der Waals surface area contributed by atoms with Crippen LogP contribution in [0.3, 0.4) is 0 Å². The lowest BCUT2D eigenvalue weighted by molar-refractivity contribution is -0.136. The van der Waals surface area contributed by atoms with E-state index in [1.54, 1.807) is 38.3 Å². The second-order valence-corrected chi connectivity index (χ2v) is 9.65. The van der Waals surface area contributed by atoms with E-state index in [2.05, 4.69) is 20.9 Å². The number of ether oxygens (including phenoxy) is 3. The van der Waals surface area contributed by atoms with E-state index in [1.807, 2.05) is 18.2 Å². The van der Waals surface area contributed by atoms with Crippen LogP contribution >= 0.6 is 38.9 Å². The molecule has 4 rings (SSSR count). The minimum Gasteiger partial charge on any atom is -0.496 e. The highest BCUT2D eigenvalue weighted by Crippen LogP contribution is 2.37. The van der Waals surface area contributed by atoms with Gasteiger partial charge in [-0.25, -0.2) is 9.79 Å². The molecule has 34 heavy (non-hydrogen) atoms. The fourth-order valence-electron chi connectivity index (χ4n) is 3.83. The first kappa shape index (κ1) is 24.3. The number of fused-ring (bicyclic) bond motifs is 1. The molecule has 0 unspecified atom stereocenters. The van der Waals surface area contributed by atoms with Crippen LogP contribution in [-0.4, -0.2) is 31.9 Å². The van der Waals surface area contributed by atoms with Crippen molar-refractivity contribution >= 4 is 50.9 Å². The van der Waals surface area contributed by atoms with Crippen molar-refractivity contribution in [3.05, 3.63) is 88.0 Å². The van der Waals surface area contributed by atoms with E-state index >= 15 is 0 Å². The fraction of sp³-hybridized carbons (Fsp3) is 0.208. The van der Waals surface area contributed by atoms with Gasteiger partial charge in [-0.05, 0) is 64.8 Å². The second kappa shape index (κ2) is 9.77. The van der Waals surface area contributed by atoms with Crippen LogP contribution in [0.4, 0.5) is 0 Å². The lowest BCUT2D eigenvalue weighted by Gasteiger charge is -2.25. The summed E-state index contributed by atoms with van der Waals surface area (Å²) in [6.07, 6.45) is 1.78. The van der Waals surface area contributed by atoms with Crippen molar-refractivity contribution in [2.75, 3.05) is 21.3 Å². The number of halogens is 2. The summed E-state index contributed by atoms with van der Waals surface area (Å²) >= 11 is 11.0. The summed E-state index contributed by atoms with van der Waals surface area (Å²) in [7, 11) is 4.40. The zero-order valence-corrected chi connectivity index (χ0v) is 21.9. The van der Waals surface area contributed by atoms with Crippen LogP contribution in [0.15, 0.2) is 61.9 Å². The van der Waals surface area contributed by atoms with Crippen LogP contribution in [0.1, 0.15) is 24.1 Å². The zero-order valence-electron chi connectivity index (χ0n) is 18.7. The summed E-state index contributed by atoms with van der Waals surface area (Å²) in [6.45, 7) is 1.72. The number of aromatic nitrogens is 1. The number of hydrogen-bond acceptors (Lipinski definition) is 7. The Morgan fingerprint density at radius 2 is 1.85 bits per heavy atom. The summed E-state index contributed by atoms with van der Waals surface area (Å²) in [5.74, 6) is 0.589. The number of allylic oxidation sites excluding steroid dienone is 1. The number of rotatable bonds is 5. The number of carbonyl (C=O) groups is 1. The number of esters is 1. The minimum absolute atomic E-state index is 0.245. The molecular weight excluding hydrogens is 544 g/mol. The Hall–Kier alpha value is -2.88. The van der Waals surface area contributed by atoms with Crippen LogP contribution in [0.25, 0.3) is 6.08 Å². The normalized spacial score (nSPS) is 15.6. The Morgan fingerprint density at radius 1 is 1.15 bits per heavy atom. The lowest BCUT2D eigenvalue weighted by Crippen LogP contribution is -2.40. The standard InChI is InChI=1S/C24H20BrClN2O5S/c1-12-20(23(30)33-4)21(15-11-14(26)6-8-17(15)31-2)28-22(29)19(34-24(28)27-12)10-13-5-7-18(32-3)16(25)9-13/h5-11,21H,1-4H3/b19-10-/t21-/m0/s1. The summed E-state index contributed by atoms with van der Waals surface area (Å²) < 4.78 is 18.6. The van der Waals surface area contributed by atoms with Gasteiger partial charge in [0.15, 0.2) is 4.80 Å². The molecule has 0 saturated heterocycles. The maximum atomic E-state index is 13.7. The quantitative estimate of drug-likeness (QED) is 0.441. The Labute approximate surface area is 212 Å². The topological polar surface area (TPSA) is 79.1 Å². The van der Waals surface area contributed by atoms with Crippen molar-refractivity contribution in [3.8, 4) is 11.5 Å². The molecule has 1 atom stereocenters. The van der Waals surface area contributed by atoms with E-state index in [0.717, 1.165) is 10.0 Å². The molecule has 0 radical (unpaired) electrons. The molecule has 0 bridgehead atoms. The Morgan fingerprint density at radius 3 is 2.50 bits per heavy atom. The highest BCUT2D eigenvalue weighted by Gasteiger charge is 2.35. The van der Waals surface area contributed by atoms with Gasteiger partial charge in [-0.3, -0.25) is 9.36 Å². The van der Waals surface area contributed by atoms with Crippen molar-refractivity contribution in [2.45, 2.75) is 13.0 Å². The average Bonchev–Trinajstić information content (AvgIpc) is 3.12. The van der Waals surface area contributed by atoms with Gasteiger partial charge in [0.2, 0.25) is 0 Å². The highest BCUT2D eigenvalue weighted by molar-refractivity contribution is 9.10. The lowest BCUT2D eigenvalue weighted by atomic mass is 9.95. The van der Waals surface area contributed by atoms with E-state index in [9.17, 15) is 9.59 Å². The number of benzene rings is 2. The number of methoxy groups -OCH3 is 3. The molecular formula is C24H20BrClN2O5S. The molecule has 1 aliphatic rings. The third kappa shape index (κ3) is 4.31. The Balaban J connectivity index is 2.00. The second-order valence-electron chi connectivity index (χ2n) is 7.35. The Bertz CT molecular complexity index is 1510. The predicted molar refractivity (Wildman–Crippen MR) is 134 cm³/mol. The van der Waals surface area contributed by atoms with Gasteiger partial charge < -0.3 is 14.2 Å². The molecule has 3 aromatic rings. The van der Waals surface area contributed by atoms with Crippen LogP contribution in [-0.2, 0) is 9.53 Å². The summed E-state index contributed by atoms with van der Waals surface area (Å²) in [5, 5.41) is 0.444. The first-order valence-corrected chi connectivity index (χ1v) is 12.1. The van der Waals surface area contributed by atoms with Gasteiger partial charge in [0, 0.05) is 10.6 Å². The monoisotopic (exact) mass is 562 g/mol. The molecule has 0 spiro atoms. The van der Waals surface area contributed by atoms with Crippen LogP contribution in [0.2, 0.25) is 5.02 Å². The maximum Gasteiger partial charge on any atom is 0.338 e. The maximum absolute atomic E-state index is 13.7. The first-order valence-electron chi connectivity index (χ1n) is 10.1. The van der Waals surface area contributed by atoms with Crippen molar-refractivity contribution < 1.29 is 19.0 Å². The molecule has 2 aromatic carbocycles. The largest absolute Gasteiger partial charge is 0.496 e. The van der Waals surface area contributed by atoms with Gasteiger partial charge in [0.1, 0.15) is 17.5 Å². The first-order chi connectivity index (χ1) is 16.3. The van der Waals surface area contributed by atoms with Crippen molar-refractivity contribution in [1.82, 2.24) is 4.57 Å². The molecule has 7 nitrogen and oxygen atoms in total. The van der Waals surface area contributed by atoms with E-state index in [4.69, 9.17) is 25.8 Å². The molecule has 0 N–H and O–H groups in total. The fourth-order valence-corrected chi connectivity index (χ4v) is 5.62. The van der Waals surface area contributed by atoms with Crippen LogP contribution < -0.4 is 24.4 Å². The summed E-state index contributed by atoms with van der Waals surface area (Å²) in [5.41, 5.74) is 1.77. The highest BCUT2D eigenvalue weighted by atomic mass is 79.9. The molecule has 1 aromatic heterocycles. The third-order valence-electron chi connectivity index (χ3n) is 5.39. The van der Waals surface area contributed by atoms with Crippen LogP contribution in [0, 0.1) is 0 Å². The zero-order chi connectivity index (χ0) is 24.6. The molecule has 1 aliphatic heterocycles. The van der Waals surface area contributed by atoms with Crippen molar-refractivity contribution in [1.29, 1.82) is 0 Å². The van der Waals surface area contributed by atoms with Crippen LogP contribution in [0.5, 0.6) is 11.5 Å². The van der Waals surface area contributed by atoms with E-state index in [1.165, 1.54) is 30.1 Å². The smallest absolute Gasteiger partial charge is 0.338 e. The van der Waals surface area contributed by atoms with Gasteiger partial charge in [0.05, 0.1) is 41.6 Å². The van der Waals surface area contributed by atoms with E-state index < -0.39 is 12.0 Å². The number of carbonyl (C=O) groups excluding carboxylic acids is 1. The molecule has 10 heteroatoms. The third-order valence-corrected chi connectivity index (χ3v) is 7.22. The van der Waals surface area contributed by atoms with Gasteiger partial charge in [-0.1, -0.05) is 29.0 Å². The van der Waals surface area contributed by atoms with Gasteiger partial charge >= 0.3 is 5.97 Å². The molecule has 0 amide bonds. The predicted octanol–water partition coefficient (Wildman–Crippen LogP) is 3.84. The number of nitrogens with zero attached hydrogens (tertiary/aromatic N) is 2. The van der Waals surface area contributed by atoms with E-state index in [-0.39, 0.29) is 11.1 Å². The average molecular weight is 564 g/mol. The molecule has 0 aliphatic carbocycles. The van der Waals surface area contributed by atoms with Crippen molar-refractivity contribution in [3.63, 3.8) is 0 Å². The Kier molecular flexibility index (Phi) is 6.97. The molecule has 0 fully saturated rings. The van der Waals surface area contributed by atoms with Gasteiger partial charge in [-0.2, -0.15) is 0 Å². The number of thiazole rings is 1. The molecule has 176 valence electrons. The van der Waals surface area contributed by atoms with Gasteiger partial charge in [-0.15, -0.1) is 0 Å². The van der Waals surface area contributed by atoms with Gasteiger partial charge in [0.25, 0.3) is 5.56 Å². The molecule has 2 heterocycles. The minimum atomic E-state index is -0.817. The SMILES string of the molecule is COC(=O)C1=C(C)N=c2s/c(=C\c3ccc(OC)c(Br)c3)c(=O)n2[C@H]1c1cc(Cl)ccc1OC. The molecule has 0 saturated carbocycles. The van der Waals surface area contributed by atoms with Crippen molar-refractivity contribution in [2.24, 2.45) is 4.99 Å². The number of hydrogen-bond donors (Lipinski definition) is 0.